The molecule has 0 aliphatic carbocycles. The molecule has 0 aromatic heterocycles. The molecule has 2 heteroatoms. The van der Waals surface area contributed by atoms with Crippen LogP contribution in [0.1, 0.15) is 31.9 Å². The zero-order valence-corrected chi connectivity index (χ0v) is 9.97. The second-order valence-corrected chi connectivity index (χ2v) is 5.25. The number of nitrogens with two attached hydrogens (primary N) is 1. The molecule has 0 saturated carbocycles. The van der Waals surface area contributed by atoms with Gasteiger partial charge in [-0.05, 0) is 42.0 Å². The van der Waals surface area contributed by atoms with Gasteiger partial charge in [-0.25, -0.2) is 4.39 Å². The van der Waals surface area contributed by atoms with Crippen LogP contribution in [0.3, 0.4) is 0 Å². The predicted octanol–water partition coefficient (Wildman–Crippen LogP) is 3.05. The molecule has 0 amide bonds. The summed E-state index contributed by atoms with van der Waals surface area (Å²) in [5, 5.41) is 0. The molecular weight excluding hydrogens is 189 g/mol. The van der Waals surface area contributed by atoms with Crippen LogP contribution in [0.15, 0.2) is 18.2 Å². The van der Waals surface area contributed by atoms with E-state index in [1.807, 2.05) is 13.0 Å². The van der Waals surface area contributed by atoms with Gasteiger partial charge in [0.05, 0.1) is 0 Å². The lowest BCUT2D eigenvalue weighted by Gasteiger charge is -2.27. The van der Waals surface area contributed by atoms with Crippen molar-refractivity contribution in [2.45, 2.75) is 40.2 Å². The van der Waals surface area contributed by atoms with Crippen molar-refractivity contribution < 1.29 is 4.39 Å². The minimum Gasteiger partial charge on any atom is -0.327 e. The summed E-state index contributed by atoms with van der Waals surface area (Å²) in [6.45, 7) is 8.29. The van der Waals surface area contributed by atoms with Crippen LogP contribution in [-0.2, 0) is 6.42 Å². The molecule has 1 unspecified atom stereocenters. The Morgan fingerprint density at radius 1 is 1.33 bits per heavy atom. The Balaban J connectivity index is 2.82. The van der Waals surface area contributed by atoms with E-state index < -0.39 is 0 Å². The highest BCUT2D eigenvalue weighted by Gasteiger charge is 2.21. The van der Waals surface area contributed by atoms with Crippen molar-refractivity contribution in [1.82, 2.24) is 0 Å². The van der Waals surface area contributed by atoms with Crippen molar-refractivity contribution in [1.29, 1.82) is 0 Å². The van der Waals surface area contributed by atoms with Crippen molar-refractivity contribution in [2.75, 3.05) is 0 Å². The number of halogens is 1. The van der Waals surface area contributed by atoms with Gasteiger partial charge >= 0.3 is 0 Å². The molecule has 0 aliphatic rings. The average molecular weight is 209 g/mol. The van der Waals surface area contributed by atoms with Gasteiger partial charge in [0.15, 0.2) is 0 Å². The summed E-state index contributed by atoms with van der Waals surface area (Å²) in [4.78, 5) is 0. The summed E-state index contributed by atoms with van der Waals surface area (Å²) < 4.78 is 12.9. The average Bonchev–Trinajstić information content (AvgIpc) is 2.08. The van der Waals surface area contributed by atoms with Crippen LogP contribution in [0, 0.1) is 18.2 Å². The van der Waals surface area contributed by atoms with Crippen molar-refractivity contribution in [3.05, 3.63) is 35.1 Å². The summed E-state index contributed by atoms with van der Waals surface area (Å²) in [5.74, 6) is -0.180. The fourth-order valence-electron chi connectivity index (χ4n) is 1.43. The summed E-state index contributed by atoms with van der Waals surface area (Å²) in [6.07, 6.45) is 0.801. The van der Waals surface area contributed by atoms with E-state index >= 15 is 0 Å². The highest BCUT2D eigenvalue weighted by molar-refractivity contribution is 5.27. The molecule has 1 rings (SSSR count). The maximum Gasteiger partial charge on any atom is 0.123 e. The Morgan fingerprint density at radius 2 is 1.93 bits per heavy atom. The molecule has 15 heavy (non-hydrogen) atoms. The predicted molar refractivity (Wildman–Crippen MR) is 62.3 cm³/mol. The van der Waals surface area contributed by atoms with Gasteiger partial charge in [-0.3, -0.25) is 0 Å². The smallest absolute Gasteiger partial charge is 0.123 e. The Morgan fingerprint density at radius 3 is 2.40 bits per heavy atom. The zero-order chi connectivity index (χ0) is 11.6. The number of benzene rings is 1. The van der Waals surface area contributed by atoms with Crippen LogP contribution in [0.2, 0.25) is 0 Å². The maximum atomic E-state index is 12.9. The third kappa shape index (κ3) is 3.31. The van der Waals surface area contributed by atoms with Gasteiger partial charge in [0.1, 0.15) is 5.82 Å². The highest BCUT2D eigenvalue weighted by atomic mass is 19.1. The van der Waals surface area contributed by atoms with Gasteiger partial charge < -0.3 is 5.73 Å². The monoisotopic (exact) mass is 209 g/mol. The van der Waals surface area contributed by atoms with E-state index in [-0.39, 0.29) is 17.3 Å². The van der Waals surface area contributed by atoms with E-state index in [0.717, 1.165) is 17.5 Å². The summed E-state index contributed by atoms with van der Waals surface area (Å²) in [5.41, 5.74) is 8.30. The quantitative estimate of drug-likeness (QED) is 0.796. The van der Waals surface area contributed by atoms with E-state index in [1.54, 1.807) is 6.07 Å². The number of hydrogen-bond donors (Lipinski definition) is 1. The van der Waals surface area contributed by atoms with Crippen molar-refractivity contribution in [3.8, 4) is 0 Å². The van der Waals surface area contributed by atoms with Crippen LogP contribution in [0.25, 0.3) is 0 Å². The minimum absolute atomic E-state index is 0.0842. The molecule has 0 fully saturated rings. The Kier molecular flexibility index (Phi) is 3.50. The van der Waals surface area contributed by atoms with Crippen LogP contribution < -0.4 is 5.73 Å². The molecule has 84 valence electrons. The Hall–Kier alpha value is -0.890. The molecule has 1 aromatic carbocycles. The van der Waals surface area contributed by atoms with Crippen LogP contribution >= 0.6 is 0 Å². The maximum absolute atomic E-state index is 12.9. The first-order chi connectivity index (χ1) is 6.80. The fraction of sp³-hybridized carbons (Fsp3) is 0.538. The number of aryl methyl sites for hydroxylation is 1. The van der Waals surface area contributed by atoms with Crippen LogP contribution in [0.5, 0.6) is 0 Å². The van der Waals surface area contributed by atoms with Gasteiger partial charge in [-0.15, -0.1) is 0 Å². The third-order valence-electron chi connectivity index (χ3n) is 2.86. The first-order valence-electron chi connectivity index (χ1n) is 5.31. The summed E-state index contributed by atoms with van der Waals surface area (Å²) in [6, 6.07) is 4.99. The molecule has 1 nitrogen and oxygen atoms in total. The summed E-state index contributed by atoms with van der Waals surface area (Å²) >= 11 is 0. The van der Waals surface area contributed by atoms with Gasteiger partial charge in [0.2, 0.25) is 0 Å². The lowest BCUT2D eigenvalue weighted by atomic mass is 9.83. The molecule has 0 spiro atoms. The highest BCUT2D eigenvalue weighted by Crippen LogP contribution is 2.22. The Labute approximate surface area is 91.5 Å². The van der Waals surface area contributed by atoms with E-state index in [9.17, 15) is 4.39 Å². The second kappa shape index (κ2) is 4.31. The second-order valence-electron chi connectivity index (χ2n) is 5.25. The number of rotatable bonds is 2. The Bertz CT molecular complexity index is 339. The standard InChI is InChI=1S/C13H20FN/c1-9-7-11(14)6-5-10(9)8-12(15)13(2,3)4/h5-7,12H,8,15H2,1-4H3. The zero-order valence-electron chi connectivity index (χ0n) is 9.97. The van der Waals surface area contributed by atoms with Gasteiger partial charge in [-0.1, -0.05) is 26.8 Å². The molecule has 0 aliphatic heterocycles. The molecule has 0 heterocycles. The van der Waals surface area contributed by atoms with E-state index in [4.69, 9.17) is 5.73 Å². The normalized spacial score (nSPS) is 14.0. The third-order valence-corrected chi connectivity index (χ3v) is 2.86. The SMILES string of the molecule is Cc1cc(F)ccc1CC(N)C(C)(C)C. The van der Waals surface area contributed by atoms with Gasteiger partial charge in [0.25, 0.3) is 0 Å². The largest absolute Gasteiger partial charge is 0.327 e. The van der Waals surface area contributed by atoms with E-state index in [0.29, 0.717) is 0 Å². The molecule has 1 aromatic rings. The first-order valence-corrected chi connectivity index (χ1v) is 5.31. The van der Waals surface area contributed by atoms with E-state index in [2.05, 4.69) is 20.8 Å². The lowest BCUT2D eigenvalue weighted by Crippen LogP contribution is -2.37. The van der Waals surface area contributed by atoms with Crippen LogP contribution in [0.4, 0.5) is 4.39 Å². The summed E-state index contributed by atoms with van der Waals surface area (Å²) in [7, 11) is 0. The molecule has 1 atom stereocenters. The molecular formula is C13H20FN. The van der Waals surface area contributed by atoms with Crippen molar-refractivity contribution in [3.63, 3.8) is 0 Å². The van der Waals surface area contributed by atoms with Crippen molar-refractivity contribution >= 4 is 0 Å². The molecule has 0 radical (unpaired) electrons. The fourth-order valence-corrected chi connectivity index (χ4v) is 1.43. The molecule has 0 saturated heterocycles. The molecule has 2 N–H and O–H groups in total. The topological polar surface area (TPSA) is 26.0 Å². The van der Waals surface area contributed by atoms with Crippen LogP contribution in [-0.4, -0.2) is 6.04 Å². The molecule has 0 bridgehead atoms. The van der Waals surface area contributed by atoms with Gasteiger partial charge in [-0.2, -0.15) is 0 Å². The first kappa shape index (κ1) is 12.2. The lowest BCUT2D eigenvalue weighted by molar-refractivity contribution is 0.318. The van der Waals surface area contributed by atoms with E-state index in [1.165, 1.54) is 6.07 Å². The van der Waals surface area contributed by atoms with Gasteiger partial charge in [0, 0.05) is 6.04 Å². The number of hydrogen-bond acceptors (Lipinski definition) is 1. The minimum atomic E-state index is -0.180. The van der Waals surface area contributed by atoms with Crippen molar-refractivity contribution in [2.24, 2.45) is 11.1 Å².